The Hall–Kier alpha value is -2.65. The maximum atomic E-state index is 13.1. The Morgan fingerprint density at radius 1 is 0.667 bits per heavy atom. The van der Waals surface area contributed by atoms with Gasteiger partial charge < -0.3 is 0 Å². The van der Waals surface area contributed by atoms with Gasteiger partial charge in [0.1, 0.15) is 0 Å². The highest BCUT2D eigenvalue weighted by Gasteiger charge is 2.32. The molecule has 0 radical (unpaired) electrons. The van der Waals surface area contributed by atoms with E-state index in [0.717, 1.165) is 15.4 Å². The number of hydrogen-bond acceptors (Lipinski definition) is 3. The largest absolute Gasteiger partial charge is 0.289 e. The monoisotopic (exact) mass is 330 g/mol. The van der Waals surface area contributed by atoms with Gasteiger partial charge in [0.05, 0.1) is 0 Å². The van der Waals surface area contributed by atoms with Crippen molar-refractivity contribution in [2.24, 2.45) is 0 Å². The fourth-order valence-electron chi connectivity index (χ4n) is 3.05. The summed E-state index contributed by atoms with van der Waals surface area (Å²) >= 11 is 1.52. The van der Waals surface area contributed by atoms with Gasteiger partial charge in [0.2, 0.25) is 0 Å². The van der Waals surface area contributed by atoms with Crippen molar-refractivity contribution >= 4 is 23.3 Å². The number of rotatable bonds is 2. The fraction of sp³-hybridized carbons (Fsp3) is 0.0476. The lowest BCUT2D eigenvalue weighted by Gasteiger charge is -2.21. The third-order valence-corrected chi connectivity index (χ3v) is 5.28. The molecule has 0 saturated heterocycles. The Morgan fingerprint density at radius 2 is 1.25 bits per heavy atom. The number of carbonyl (C=O) groups excluding carboxylic acids is 2. The zero-order valence-corrected chi connectivity index (χ0v) is 13.9. The highest BCUT2D eigenvalue weighted by molar-refractivity contribution is 7.99. The lowest BCUT2D eigenvalue weighted by molar-refractivity contribution is 0.0976. The molecular formula is C21H14O2S. The molecule has 4 rings (SSSR count). The summed E-state index contributed by atoms with van der Waals surface area (Å²) in [4.78, 5) is 27.8. The van der Waals surface area contributed by atoms with Crippen LogP contribution in [0.25, 0.3) is 0 Å². The molecule has 3 aromatic rings. The van der Waals surface area contributed by atoms with Crippen molar-refractivity contribution in [2.75, 3.05) is 0 Å². The number of benzene rings is 3. The van der Waals surface area contributed by atoms with Crippen molar-refractivity contribution in [2.45, 2.75) is 16.7 Å². The highest BCUT2D eigenvalue weighted by atomic mass is 32.2. The van der Waals surface area contributed by atoms with E-state index >= 15 is 0 Å². The Bertz CT molecular complexity index is 974. The van der Waals surface area contributed by atoms with Crippen LogP contribution in [-0.4, -0.2) is 11.6 Å². The number of ketones is 2. The lowest BCUT2D eigenvalue weighted by Crippen LogP contribution is -2.22. The summed E-state index contributed by atoms with van der Waals surface area (Å²) < 4.78 is 0. The Morgan fingerprint density at radius 3 is 1.92 bits per heavy atom. The van der Waals surface area contributed by atoms with E-state index in [1.54, 1.807) is 24.3 Å². The first-order valence-corrected chi connectivity index (χ1v) is 8.53. The average Bonchev–Trinajstić information content (AvgIpc) is 2.62. The molecule has 0 heterocycles. The molecule has 2 nitrogen and oxygen atoms in total. The first kappa shape index (κ1) is 14.9. The molecule has 0 aliphatic heterocycles. The van der Waals surface area contributed by atoms with Gasteiger partial charge in [-0.15, -0.1) is 0 Å². The minimum Gasteiger partial charge on any atom is -0.289 e. The molecule has 0 unspecified atom stereocenters. The third kappa shape index (κ3) is 2.29. The van der Waals surface area contributed by atoms with Crippen LogP contribution in [0.15, 0.2) is 76.5 Å². The molecule has 3 heteroatoms. The minimum atomic E-state index is -0.0673. The molecule has 0 bridgehead atoms. The molecule has 1 aliphatic rings. The summed E-state index contributed by atoms with van der Waals surface area (Å²) in [5.74, 6) is -0.129. The number of hydrogen-bond donors (Lipinski definition) is 0. The zero-order valence-electron chi connectivity index (χ0n) is 13.1. The Kier molecular flexibility index (Phi) is 3.58. The molecule has 116 valence electrons. The summed E-state index contributed by atoms with van der Waals surface area (Å²) in [6, 6.07) is 20.8. The summed E-state index contributed by atoms with van der Waals surface area (Å²) in [6.07, 6.45) is 0. The standard InChI is InChI=1S/C21H14O2S/c1-13-11-12-17(24-14-7-3-2-4-8-14)19-18(13)20(22)15-9-5-6-10-16(15)21(19)23/h2-12H,1H3. The van der Waals surface area contributed by atoms with Gasteiger partial charge in [-0.05, 0) is 30.7 Å². The van der Waals surface area contributed by atoms with E-state index in [4.69, 9.17) is 0 Å². The second kappa shape index (κ2) is 5.77. The predicted molar refractivity (Wildman–Crippen MR) is 95.1 cm³/mol. The summed E-state index contributed by atoms with van der Waals surface area (Å²) in [5.41, 5.74) is 2.91. The molecule has 0 atom stereocenters. The van der Waals surface area contributed by atoms with E-state index in [0.29, 0.717) is 22.3 Å². The molecular weight excluding hydrogens is 316 g/mol. The van der Waals surface area contributed by atoms with Gasteiger partial charge in [-0.2, -0.15) is 0 Å². The van der Waals surface area contributed by atoms with Crippen LogP contribution in [0, 0.1) is 6.92 Å². The zero-order chi connectivity index (χ0) is 16.7. The van der Waals surface area contributed by atoms with Crippen LogP contribution in [-0.2, 0) is 0 Å². The van der Waals surface area contributed by atoms with Gasteiger partial charge in [0.15, 0.2) is 11.6 Å². The van der Waals surface area contributed by atoms with E-state index in [1.165, 1.54) is 11.8 Å². The molecule has 0 aromatic heterocycles. The van der Waals surface area contributed by atoms with Crippen LogP contribution in [0.5, 0.6) is 0 Å². The molecule has 0 amide bonds. The van der Waals surface area contributed by atoms with Crippen LogP contribution < -0.4 is 0 Å². The predicted octanol–water partition coefficient (Wildman–Crippen LogP) is 4.92. The SMILES string of the molecule is Cc1ccc(Sc2ccccc2)c2c1C(=O)c1ccccc1C2=O. The lowest BCUT2D eigenvalue weighted by atomic mass is 9.82. The molecule has 0 saturated carbocycles. The highest BCUT2D eigenvalue weighted by Crippen LogP contribution is 2.38. The van der Waals surface area contributed by atoms with Crippen LogP contribution in [0.1, 0.15) is 37.4 Å². The van der Waals surface area contributed by atoms with E-state index in [9.17, 15) is 9.59 Å². The second-order valence-corrected chi connectivity index (χ2v) is 6.86. The first-order valence-electron chi connectivity index (χ1n) is 7.72. The number of carbonyl (C=O) groups is 2. The summed E-state index contributed by atoms with van der Waals surface area (Å²) in [7, 11) is 0. The normalized spacial score (nSPS) is 12.7. The smallest absolute Gasteiger partial charge is 0.195 e. The van der Waals surface area contributed by atoms with Crippen molar-refractivity contribution in [1.82, 2.24) is 0 Å². The van der Waals surface area contributed by atoms with Gasteiger partial charge >= 0.3 is 0 Å². The maximum absolute atomic E-state index is 13.1. The first-order chi connectivity index (χ1) is 11.7. The van der Waals surface area contributed by atoms with Gasteiger partial charge in [-0.1, -0.05) is 60.3 Å². The fourth-order valence-corrected chi connectivity index (χ4v) is 4.03. The molecule has 24 heavy (non-hydrogen) atoms. The van der Waals surface area contributed by atoms with Crippen LogP contribution >= 0.6 is 11.8 Å². The quantitative estimate of drug-likeness (QED) is 0.523. The molecule has 0 fully saturated rings. The van der Waals surface area contributed by atoms with Gasteiger partial charge in [0, 0.05) is 32.0 Å². The van der Waals surface area contributed by atoms with Crippen LogP contribution in [0.3, 0.4) is 0 Å². The molecule has 3 aromatic carbocycles. The second-order valence-electron chi connectivity index (χ2n) is 5.75. The Labute approximate surface area is 144 Å². The topological polar surface area (TPSA) is 34.1 Å². The molecule has 1 aliphatic carbocycles. The Balaban J connectivity index is 1.92. The van der Waals surface area contributed by atoms with Gasteiger partial charge in [0.25, 0.3) is 0 Å². The van der Waals surface area contributed by atoms with E-state index in [1.807, 2.05) is 49.4 Å². The van der Waals surface area contributed by atoms with E-state index < -0.39 is 0 Å². The molecule has 0 N–H and O–H groups in total. The third-order valence-electron chi connectivity index (χ3n) is 4.22. The van der Waals surface area contributed by atoms with Crippen LogP contribution in [0.2, 0.25) is 0 Å². The van der Waals surface area contributed by atoms with E-state index in [2.05, 4.69) is 0 Å². The number of aryl methyl sites for hydroxylation is 1. The van der Waals surface area contributed by atoms with Crippen molar-refractivity contribution in [3.8, 4) is 0 Å². The maximum Gasteiger partial charge on any atom is 0.195 e. The average molecular weight is 330 g/mol. The minimum absolute atomic E-state index is 0.0618. The summed E-state index contributed by atoms with van der Waals surface area (Å²) in [6.45, 7) is 1.88. The van der Waals surface area contributed by atoms with Crippen molar-refractivity contribution in [3.63, 3.8) is 0 Å². The van der Waals surface area contributed by atoms with Crippen molar-refractivity contribution in [3.05, 3.63) is 94.5 Å². The van der Waals surface area contributed by atoms with Crippen molar-refractivity contribution < 1.29 is 9.59 Å². The summed E-state index contributed by atoms with van der Waals surface area (Å²) in [5, 5.41) is 0. The number of fused-ring (bicyclic) bond motifs is 2. The van der Waals surface area contributed by atoms with Gasteiger partial charge in [-0.25, -0.2) is 0 Å². The van der Waals surface area contributed by atoms with Crippen molar-refractivity contribution in [1.29, 1.82) is 0 Å². The molecule has 0 spiro atoms. The van der Waals surface area contributed by atoms with Crippen LogP contribution in [0.4, 0.5) is 0 Å². The van der Waals surface area contributed by atoms with E-state index in [-0.39, 0.29) is 11.6 Å². The van der Waals surface area contributed by atoms with Gasteiger partial charge in [-0.3, -0.25) is 9.59 Å².